The summed E-state index contributed by atoms with van der Waals surface area (Å²) in [4.78, 5) is 78.3. The Labute approximate surface area is 200 Å². The van der Waals surface area contributed by atoms with Crippen LogP contribution >= 0.6 is 0 Å². The van der Waals surface area contributed by atoms with E-state index in [1.54, 1.807) is 13.8 Å². The number of aromatic nitrogens is 2. The quantitative estimate of drug-likeness (QED) is 0.123. The van der Waals surface area contributed by atoms with Gasteiger partial charge >= 0.3 is 11.9 Å². The summed E-state index contributed by atoms with van der Waals surface area (Å²) < 4.78 is 0. The van der Waals surface area contributed by atoms with Crippen LogP contribution < -0.4 is 27.4 Å². The number of rotatable bonds is 15. The minimum absolute atomic E-state index is 0.0585. The molecular formula is C20H31N7O8. The molecule has 1 aromatic heterocycles. The van der Waals surface area contributed by atoms with Crippen molar-refractivity contribution in [3.63, 3.8) is 0 Å². The van der Waals surface area contributed by atoms with Crippen molar-refractivity contribution in [1.29, 1.82) is 0 Å². The number of nitrogens with zero attached hydrogens (tertiary/aromatic N) is 1. The average molecular weight is 498 g/mol. The van der Waals surface area contributed by atoms with Crippen LogP contribution in [-0.4, -0.2) is 79.9 Å². The van der Waals surface area contributed by atoms with Gasteiger partial charge in [-0.25, -0.2) is 9.78 Å². The van der Waals surface area contributed by atoms with Gasteiger partial charge in [-0.15, -0.1) is 0 Å². The highest BCUT2D eigenvalue weighted by Gasteiger charge is 2.32. The standard InChI is InChI=1S/C20H31N7O8/c1-9(2)3-14(20(34)35)27-18(32)12(4-10-7-23-8-24-10)26-19(33)13(6-16(29)30)25-17(31)11(21)5-15(22)28/h7-9,11-14H,3-6,21H2,1-2H3,(H2,22,28)(H,23,24)(H,25,31)(H,26,33)(H,27,32)(H,29,30)(H,34,35). The smallest absolute Gasteiger partial charge is 0.326 e. The lowest BCUT2D eigenvalue weighted by Crippen LogP contribution is -2.58. The van der Waals surface area contributed by atoms with E-state index in [1.165, 1.54) is 12.5 Å². The number of H-pyrrole nitrogens is 1. The maximum absolute atomic E-state index is 12.9. The molecule has 0 aromatic carbocycles. The zero-order valence-corrected chi connectivity index (χ0v) is 19.3. The van der Waals surface area contributed by atoms with Gasteiger partial charge in [0.15, 0.2) is 0 Å². The Morgan fingerprint density at radius 3 is 2.00 bits per heavy atom. The summed E-state index contributed by atoms with van der Waals surface area (Å²) in [6, 6.07) is -5.65. The number of carboxylic acids is 2. The van der Waals surface area contributed by atoms with Crippen molar-refractivity contribution < 1.29 is 39.0 Å². The van der Waals surface area contributed by atoms with E-state index in [4.69, 9.17) is 16.6 Å². The first-order chi connectivity index (χ1) is 16.3. The molecule has 1 heterocycles. The molecule has 0 aliphatic heterocycles. The number of aromatic amines is 1. The predicted molar refractivity (Wildman–Crippen MR) is 119 cm³/mol. The zero-order valence-electron chi connectivity index (χ0n) is 19.3. The SMILES string of the molecule is CC(C)CC(NC(=O)C(Cc1cnc[nH]1)NC(=O)C(CC(=O)O)NC(=O)C(N)CC(N)=O)C(=O)O. The van der Waals surface area contributed by atoms with Crippen LogP contribution in [0.3, 0.4) is 0 Å². The van der Waals surface area contributed by atoms with Crippen LogP contribution in [0, 0.1) is 5.92 Å². The number of nitrogens with two attached hydrogens (primary N) is 2. The van der Waals surface area contributed by atoms with Gasteiger partial charge in [0.2, 0.25) is 23.6 Å². The van der Waals surface area contributed by atoms with E-state index in [2.05, 4.69) is 25.9 Å². The van der Waals surface area contributed by atoms with Crippen LogP contribution in [0.2, 0.25) is 0 Å². The van der Waals surface area contributed by atoms with Crippen LogP contribution in [0.25, 0.3) is 0 Å². The molecule has 4 unspecified atom stereocenters. The van der Waals surface area contributed by atoms with Crippen molar-refractivity contribution in [2.45, 2.75) is 63.7 Å². The molecule has 1 rings (SSSR count). The van der Waals surface area contributed by atoms with E-state index in [0.29, 0.717) is 5.69 Å². The average Bonchev–Trinajstić information content (AvgIpc) is 3.24. The summed E-state index contributed by atoms with van der Waals surface area (Å²) in [7, 11) is 0. The largest absolute Gasteiger partial charge is 0.481 e. The van der Waals surface area contributed by atoms with Crippen molar-refractivity contribution in [2.75, 3.05) is 0 Å². The van der Waals surface area contributed by atoms with E-state index >= 15 is 0 Å². The molecule has 0 aliphatic rings. The van der Waals surface area contributed by atoms with Gasteiger partial charge in [0, 0.05) is 18.3 Å². The summed E-state index contributed by atoms with van der Waals surface area (Å²) in [5.74, 6) is -6.52. The van der Waals surface area contributed by atoms with E-state index < -0.39 is 72.6 Å². The van der Waals surface area contributed by atoms with Crippen LogP contribution in [0.15, 0.2) is 12.5 Å². The van der Waals surface area contributed by atoms with E-state index in [-0.39, 0.29) is 18.8 Å². The molecule has 0 saturated heterocycles. The topological polar surface area (TPSA) is 260 Å². The van der Waals surface area contributed by atoms with Gasteiger partial charge in [-0.05, 0) is 12.3 Å². The van der Waals surface area contributed by atoms with Crippen molar-refractivity contribution in [3.05, 3.63) is 18.2 Å². The normalized spacial score (nSPS) is 14.3. The lowest BCUT2D eigenvalue weighted by Gasteiger charge is -2.24. The molecule has 0 spiro atoms. The lowest BCUT2D eigenvalue weighted by molar-refractivity contribution is -0.143. The Morgan fingerprint density at radius 1 is 0.943 bits per heavy atom. The molecule has 10 N–H and O–H groups in total. The summed E-state index contributed by atoms with van der Waals surface area (Å²) in [5, 5.41) is 25.4. The van der Waals surface area contributed by atoms with Gasteiger partial charge in [0.25, 0.3) is 0 Å². The van der Waals surface area contributed by atoms with Crippen LogP contribution in [0.5, 0.6) is 0 Å². The van der Waals surface area contributed by atoms with Crippen molar-refractivity contribution in [3.8, 4) is 0 Å². The fraction of sp³-hybridized carbons (Fsp3) is 0.550. The number of primary amides is 1. The second-order valence-corrected chi connectivity index (χ2v) is 8.31. The number of imidazole rings is 1. The third kappa shape index (κ3) is 10.6. The van der Waals surface area contributed by atoms with Crippen molar-refractivity contribution in [2.24, 2.45) is 17.4 Å². The van der Waals surface area contributed by atoms with Gasteiger partial charge in [-0.3, -0.25) is 24.0 Å². The first-order valence-corrected chi connectivity index (χ1v) is 10.7. The molecular weight excluding hydrogens is 466 g/mol. The number of carbonyl (C=O) groups is 6. The minimum atomic E-state index is -1.65. The number of hydrogen-bond donors (Lipinski definition) is 8. The summed E-state index contributed by atoms with van der Waals surface area (Å²) in [5.41, 5.74) is 10.9. The third-order valence-electron chi connectivity index (χ3n) is 4.70. The Hall–Kier alpha value is -4.01. The fourth-order valence-corrected chi connectivity index (χ4v) is 3.04. The van der Waals surface area contributed by atoms with E-state index in [0.717, 1.165) is 0 Å². The van der Waals surface area contributed by atoms with Gasteiger partial charge in [-0.1, -0.05) is 13.8 Å². The number of carbonyl (C=O) groups excluding carboxylic acids is 4. The molecule has 4 atom stereocenters. The molecule has 15 nitrogen and oxygen atoms in total. The van der Waals surface area contributed by atoms with E-state index in [9.17, 15) is 33.9 Å². The maximum atomic E-state index is 12.9. The zero-order chi connectivity index (χ0) is 26.7. The minimum Gasteiger partial charge on any atom is -0.481 e. The molecule has 0 saturated carbocycles. The first kappa shape index (κ1) is 29.0. The molecule has 1 aromatic rings. The molecule has 0 bridgehead atoms. The fourth-order valence-electron chi connectivity index (χ4n) is 3.04. The van der Waals surface area contributed by atoms with Crippen LogP contribution in [0.4, 0.5) is 0 Å². The molecule has 15 heteroatoms. The first-order valence-electron chi connectivity index (χ1n) is 10.7. The molecule has 4 amide bonds. The highest BCUT2D eigenvalue weighted by atomic mass is 16.4. The number of nitrogens with one attached hydrogen (secondary N) is 4. The number of hydrogen-bond acceptors (Lipinski definition) is 8. The lowest BCUT2D eigenvalue weighted by atomic mass is 10.0. The maximum Gasteiger partial charge on any atom is 0.326 e. The Bertz CT molecular complexity index is 919. The molecule has 35 heavy (non-hydrogen) atoms. The summed E-state index contributed by atoms with van der Waals surface area (Å²) >= 11 is 0. The summed E-state index contributed by atoms with van der Waals surface area (Å²) in [6.07, 6.45) is 1.31. The Morgan fingerprint density at radius 2 is 1.51 bits per heavy atom. The highest BCUT2D eigenvalue weighted by Crippen LogP contribution is 2.07. The van der Waals surface area contributed by atoms with Gasteiger partial charge < -0.3 is 42.6 Å². The van der Waals surface area contributed by atoms with Gasteiger partial charge in [-0.2, -0.15) is 0 Å². The van der Waals surface area contributed by atoms with E-state index in [1.807, 2.05) is 0 Å². The monoisotopic (exact) mass is 497 g/mol. The van der Waals surface area contributed by atoms with Crippen molar-refractivity contribution >= 4 is 35.6 Å². The Kier molecular flexibility index (Phi) is 11.3. The molecule has 0 aliphatic carbocycles. The number of aliphatic carboxylic acids is 2. The molecule has 194 valence electrons. The van der Waals surface area contributed by atoms with Crippen LogP contribution in [-0.2, 0) is 35.2 Å². The second-order valence-electron chi connectivity index (χ2n) is 8.31. The van der Waals surface area contributed by atoms with Crippen molar-refractivity contribution in [1.82, 2.24) is 25.9 Å². The molecule has 0 radical (unpaired) electrons. The Balaban J connectivity index is 3.08. The third-order valence-corrected chi connectivity index (χ3v) is 4.70. The number of carboxylic acid groups (broad SMARTS) is 2. The van der Waals surface area contributed by atoms with Gasteiger partial charge in [0.05, 0.1) is 25.2 Å². The van der Waals surface area contributed by atoms with Gasteiger partial charge in [0.1, 0.15) is 18.1 Å². The number of amides is 4. The predicted octanol–water partition coefficient (Wildman–Crippen LogP) is -2.79. The highest BCUT2D eigenvalue weighted by molar-refractivity contribution is 5.96. The van der Waals surface area contributed by atoms with Crippen LogP contribution in [0.1, 0.15) is 38.8 Å². The second kappa shape index (κ2) is 13.6. The molecule has 0 fully saturated rings. The summed E-state index contributed by atoms with van der Waals surface area (Å²) in [6.45, 7) is 3.54.